The Morgan fingerprint density at radius 1 is 0.943 bits per heavy atom. The highest BCUT2D eigenvalue weighted by Crippen LogP contribution is 2.41. The van der Waals surface area contributed by atoms with Crippen LogP contribution in [0.3, 0.4) is 0 Å². The van der Waals surface area contributed by atoms with Gasteiger partial charge in [0.1, 0.15) is 0 Å². The highest BCUT2D eigenvalue weighted by molar-refractivity contribution is 5.65. The summed E-state index contributed by atoms with van der Waals surface area (Å²) in [6.45, 7) is 5.31. The lowest BCUT2D eigenvalue weighted by Gasteiger charge is -2.38. The van der Waals surface area contributed by atoms with E-state index in [1.54, 1.807) is 6.07 Å². The van der Waals surface area contributed by atoms with Gasteiger partial charge in [-0.25, -0.2) is 4.39 Å². The second-order valence-corrected chi connectivity index (χ2v) is 10.3. The molecule has 1 heterocycles. The lowest BCUT2D eigenvalue weighted by molar-refractivity contribution is -0.0573. The van der Waals surface area contributed by atoms with Crippen molar-refractivity contribution in [2.45, 2.75) is 83.7 Å². The smallest absolute Gasteiger partial charge is 0.201 e. The van der Waals surface area contributed by atoms with E-state index < -0.39 is 11.6 Å². The van der Waals surface area contributed by atoms with E-state index in [0.717, 1.165) is 18.9 Å². The molecule has 1 saturated carbocycles. The Labute approximate surface area is 209 Å². The van der Waals surface area contributed by atoms with Gasteiger partial charge in [0.25, 0.3) is 0 Å². The Kier molecular flexibility index (Phi) is 9.37. The zero-order valence-corrected chi connectivity index (χ0v) is 21.3. The molecule has 1 aliphatic heterocycles. The fourth-order valence-electron chi connectivity index (χ4n) is 5.76. The molecule has 0 bridgehead atoms. The fraction of sp³-hybridized carbons (Fsp3) is 0.548. The van der Waals surface area contributed by atoms with Crippen molar-refractivity contribution in [3.63, 3.8) is 0 Å². The van der Waals surface area contributed by atoms with Crippen LogP contribution in [0, 0.1) is 23.5 Å². The molecule has 0 aromatic heterocycles. The molecule has 4 rings (SSSR count). The average molecular weight is 483 g/mol. The van der Waals surface area contributed by atoms with E-state index >= 15 is 0 Å². The van der Waals surface area contributed by atoms with Crippen LogP contribution in [0.1, 0.15) is 83.1 Å². The van der Waals surface area contributed by atoms with Crippen molar-refractivity contribution >= 4 is 0 Å². The summed E-state index contributed by atoms with van der Waals surface area (Å²) < 4.78 is 40.7. The zero-order valence-electron chi connectivity index (χ0n) is 21.3. The monoisotopic (exact) mass is 482 g/mol. The van der Waals surface area contributed by atoms with Crippen molar-refractivity contribution < 1.29 is 18.3 Å². The normalized spacial score (nSPS) is 25.1. The molecule has 35 heavy (non-hydrogen) atoms. The molecule has 2 aliphatic rings. The van der Waals surface area contributed by atoms with Crippen molar-refractivity contribution in [1.29, 1.82) is 0 Å². The van der Waals surface area contributed by atoms with Crippen molar-refractivity contribution in [3.05, 3.63) is 65.7 Å². The van der Waals surface area contributed by atoms with Crippen molar-refractivity contribution in [2.24, 2.45) is 11.8 Å². The lowest BCUT2D eigenvalue weighted by atomic mass is 9.75. The molecule has 1 saturated heterocycles. The summed E-state index contributed by atoms with van der Waals surface area (Å²) in [6, 6.07) is 11.2. The van der Waals surface area contributed by atoms with Gasteiger partial charge in [-0.2, -0.15) is 4.39 Å². The van der Waals surface area contributed by atoms with Gasteiger partial charge < -0.3 is 9.47 Å². The molecule has 2 aromatic rings. The van der Waals surface area contributed by atoms with Gasteiger partial charge >= 0.3 is 0 Å². The summed E-state index contributed by atoms with van der Waals surface area (Å²) in [4.78, 5) is 0. The Morgan fingerprint density at radius 3 is 2.37 bits per heavy atom. The molecule has 0 spiro atoms. The predicted molar refractivity (Wildman–Crippen MR) is 139 cm³/mol. The van der Waals surface area contributed by atoms with E-state index in [9.17, 15) is 8.78 Å². The number of allylic oxidation sites excluding steroid dienone is 2. The van der Waals surface area contributed by atoms with Crippen LogP contribution in [-0.4, -0.2) is 19.3 Å². The average Bonchev–Trinajstić information content (AvgIpc) is 2.90. The Morgan fingerprint density at radius 2 is 1.71 bits per heavy atom. The molecule has 0 N–H and O–H groups in total. The summed E-state index contributed by atoms with van der Waals surface area (Å²) >= 11 is 0. The molecule has 190 valence electrons. The van der Waals surface area contributed by atoms with Crippen molar-refractivity contribution in [2.75, 3.05) is 13.2 Å². The van der Waals surface area contributed by atoms with Gasteiger partial charge in [0, 0.05) is 12.2 Å². The molecule has 2 atom stereocenters. The van der Waals surface area contributed by atoms with E-state index in [1.165, 1.54) is 63.0 Å². The molecule has 2 fully saturated rings. The highest BCUT2D eigenvalue weighted by atomic mass is 19.2. The maximum absolute atomic E-state index is 14.7. The summed E-state index contributed by atoms with van der Waals surface area (Å²) in [5.41, 5.74) is 2.27. The van der Waals surface area contributed by atoms with E-state index in [0.29, 0.717) is 30.1 Å². The second-order valence-electron chi connectivity index (χ2n) is 10.3. The quantitative estimate of drug-likeness (QED) is 0.332. The first-order valence-electron chi connectivity index (χ1n) is 13.5. The molecule has 2 aromatic carbocycles. The number of benzene rings is 2. The van der Waals surface area contributed by atoms with Crippen LogP contribution < -0.4 is 4.74 Å². The first kappa shape index (κ1) is 25.9. The van der Waals surface area contributed by atoms with Gasteiger partial charge in [0.05, 0.1) is 12.7 Å². The van der Waals surface area contributed by atoms with E-state index in [4.69, 9.17) is 9.47 Å². The molecule has 0 radical (unpaired) electrons. The van der Waals surface area contributed by atoms with Crippen LogP contribution in [0.4, 0.5) is 8.78 Å². The maximum Gasteiger partial charge on any atom is 0.201 e. The molecule has 2 unspecified atom stereocenters. The third kappa shape index (κ3) is 6.52. The Balaban J connectivity index is 1.29. The third-order valence-corrected chi connectivity index (χ3v) is 7.88. The van der Waals surface area contributed by atoms with Gasteiger partial charge in [0.2, 0.25) is 5.82 Å². The Hall–Kier alpha value is -2.20. The number of rotatable bonds is 9. The van der Waals surface area contributed by atoms with Crippen molar-refractivity contribution in [1.82, 2.24) is 0 Å². The van der Waals surface area contributed by atoms with Gasteiger partial charge in [-0.3, -0.25) is 0 Å². The van der Waals surface area contributed by atoms with E-state index in [-0.39, 0.29) is 11.3 Å². The summed E-state index contributed by atoms with van der Waals surface area (Å²) in [7, 11) is 0. The summed E-state index contributed by atoms with van der Waals surface area (Å²) in [5, 5.41) is 0. The van der Waals surface area contributed by atoms with E-state index in [2.05, 4.69) is 31.2 Å². The fourth-order valence-corrected chi connectivity index (χ4v) is 5.76. The highest BCUT2D eigenvalue weighted by Gasteiger charge is 2.32. The van der Waals surface area contributed by atoms with E-state index in [1.807, 2.05) is 19.1 Å². The lowest BCUT2D eigenvalue weighted by Crippen LogP contribution is -2.34. The van der Waals surface area contributed by atoms with Gasteiger partial charge in [-0.1, -0.05) is 43.3 Å². The van der Waals surface area contributed by atoms with Crippen LogP contribution >= 0.6 is 0 Å². The summed E-state index contributed by atoms with van der Waals surface area (Å²) in [5.74, 6) is 0.149. The third-order valence-electron chi connectivity index (χ3n) is 7.88. The SMILES string of the molecule is CC=CCCC1CCC(C2CCC(c3ccc(-c4ccc(OCCC)c(F)c4F)cc3)CC2)OC1. The van der Waals surface area contributed by atoms with Crippen LogP contribution in [0.25, 0.3) is 11.1 Å². The molecule has 0 amide bonds. The van der Waals surface area contributed by atoms with Crippen molar-refractivity contribution in [3.8, 4) is 16.9 Å². The molecule has 1 aliphatic carbocycles. The van der Waals surface area contributed by atoms with Crippen LogP contribution in [0.15, 0.2) is 48.6 Å². The molecular weight excluding hydrogens is 442 g/mol. The molecule has 4 heteroatoms. The first-order chi connectivity index (χ1) is 17.1. The Bertz CT molecular complexity index is 953. The number of hydrogen-bond donors (Lipinski definition) is 0. The van der Waals surface area contributed by atoms with Crippen LogP contribution in [-0.2, 0) is 4.74 Å². The van der Waals surface area contributed by atoms with Gasteiger partial charge in [-0.15, -0.1) is 0 Å². The maximum atomic E-state index is 14.7. The van der Waals surface area contributed by atoms with Crippen LogP contribution in [0.5, 0.6) is 5.75 Å². The zero-order chi connectivity index (χ0) is 24.6. The summed E-state index contributed by atoms with van der Waals surface area (Å²) in [6.07, 6.45) is 15.2. The minimum atomic E-state index is -0.910. The minimum Gasteiger partial charge on any atom is -0.490 e. The predicted octanol–water partition coefficient (Wildman–Crippen LogP) is 8.85. The number of ether oxygens (including phenoxy) is 2. The molecular formula is C31H40F2O2. The second kappa shape index (κ2) is 12.7. The van der Waals surface area contributed by atoms with Gasteiger partial charge in [-0.05, 0) is 106 Å². The largest absolute Gasteiger partial charge is 0.490 e. The number of halogens is 2. The first-order valence-corrected chi connectivity index (χ1v) is 13.5. The van der Waals surface area contributed by atoms with Gasteiger partial charge in [0.15, 0.2) is 11.6 Å². The standard InChI is InChI=1S/C31H40F2O2/c1-3-5-6-7-22-8-18-28(35-21-22)26-15-11-24(12-16-26)23-9-13-25(14-10-23)27-17-19-29(34-20-4-2)31(33)30(27)32/h3,5,9-10,13-14,17,19,22,24,26,28H,4,6-8,11-12,15-16,18,20-21H2,1-2H3. The topological polar surface area (TPSA) is 18.5 Å². The molecule has 2 nitrogen and oxygen atoms in total. The van der Waals surface area contributed by atoms with Crippen LogP contribution in [0.2, 0.25) is 0 Å². The number of hydrogen-bond acceptors (Lipinski definition) is 2. The minimum absolute atomic E-state index is 0.0207.